The second-order valence-electron chi connectivity index (χ2n) is 4.11. The van der Waals surface area contributed by atoms with Crippen molar-refractivity contribution in [2.24, 2.45) is 0 Å². The zero-order valence-electron chi connectivity index (χ0n) is 19.0. The predicted octanol–water partition coefficient (Wildman–Crippen LogP) is -17.4. The Kier molecular flexibility index (Phi) is 53.3. The minimum absolute atomic E-state index is 0. The van der Waals surface area contributed by atoms with Crippen LogP contribution in [0.1, 0.15) is 0 Å². The smallest absolute Gasteiger partial charge is 0 e. The van der Waals surface area contributed by atoms with Crippen LogP contribution in [0.25, 0.3) is 0 Å². The SMILES string of the molecule is O=[As](O)(O)O.O=[As](O)(O)O.O=[As](O)(O)O.O=[As](O)(O)O.O=[As](O)(O)O.O=[As](O)(O)O.O=[As](O)(O)O.O=[As](O)(O)O.[Zn].[Zn]. The first-order valence-electron chi connectivity index (χ1n) is 6.26. The second kappa shape index (κ2) is 31.4. The number of hydrogen-bond acceptors (Lipinski definition) is 8. The fourth-order valence-electron chi connectivity index (χ4n) is 0. The third-order valence-corrected chi connectivity index (χ3v) is 0. The van der Waals surface area contributed by atoms with Gasteiger partial charge >= 0.3 is 244 Å². The van der Waals surface area contributed by atoms with E-state index in [2.05, 4.69) is 0 Å². The molecule has 0 bridgehead atoms. The molecule has 0 spiro atoms. The summed E-state index contributed by atoms with van der Waals surface area (Å²) < 4.78 is 245. The Bertz CT molecular complexity index is 650. The molecular formula is H24As8O32Zn2. The van der Waals surface area contributed by atoms with E-state index in [-0.39, 0.29) is 39.0 Å². The zero-order chi connectivity index (χ0) is 36.0. The van der Waals surface area contributed by atoms with Crippen molar-refractivity contribution < 1.29 is 167 Å². The molecule has 0 saturated heterocycles. The first-order chi connectivity index (χ1) is 16.0. The maximum Gasteiger partial charge on any atom is 0 e. The van der Waals surface area contributed by atoms with E-state index in [1.54, 1.807) is 0 Å². The molecular weight excluding hydrogens is 1240 g/mol. The number of hydrogen-bond donors (Lipinski definition) is 24. The summed E-state index contributed by atoms with van der Waals surface area (Å²) in [4.78, 5) is 0. The molecule has 0 aliphatic rings. The van der Waals surface area contributed by atoms with Crippen LogP contribution >= 0.6 is 0 Å². The van der Waals surface area contributed by atoms with Crippen LogP contribution < -0.4 is 0 Å². The van der Waals surface area contributed by atoms with Crippen LogP contribution in [-0.4, -0.2) is 214 Å². The molecule has 0 fully saturated rings. The van der Waals surface area contributed by atoms with Gasteiger partial charge in [0.05, 0.1) is 0 Å². The summed E-state index contributed by atoms with van der Waals surface area (Å²) in [5.74, 6) is 0. The van der Waals surface area contributed by atoms with Gasteiger partial charge in [0.25, 0.3) is 0 Å². The Hall–Kier alpha value is 3.15. The van der Waals surface area contributed by atoms with Gasteiger partial charge in [-0.15, -0.1) is 0 Å². The van der Waals surface area contributed by atoms with Gasteiger partial charge in [0.1, 0.15) is 0 Å². The summed E-state index contributed by atoms with van der Waals surface area (Å²) in [5.41, 5.74) is 0. The van der Waals surface area contributed by atoms with E-state index < -0.39 is 116 Å². The largest absolute Gasteiger partial charge is 0 e. The topological polar surface area (TPSA) is 622 Å². The van der Waals surface area contributed by atoms with Crippen LogP contribution in [0.5, 0.6) is 0 Å². The van der Waals surface area contributed by atoms with Crippen LogP contribution in [0, 0.1) is 0 Å². The maximum absolute atomic E-state index is 8.94. The summed E-state index contributed by atoms with van der Waals surface area (Å²) in [6.07, 6.45) is 0. The van der Waals surface area contributed by atoms with E-state index in [1.807, 2.05) is 0 Å². The zero-order valence-corrected chi connectivity index (χ0v) is 39.9. The molecule has 42 heteroatoms. The fraction of sp³-hybridized carbons (Fsp3) is 0. The summed E-state index contributed by atoms with van der Waals surface area (Å²) in [6, 6.07) is 0. The molecule has 0 saturated carbocycles. The van der Waals surface area contributed by atoms with E-state index in [4.69, 9.17) is 128 Å². The quantitative estimate of drug-likeness (QED) is 0.100. The molecule has 24 N–H and O–H groups in total. The molecule has 0 amide bonds. The van der Waals surface area contributed by atoms with Crippen molar-refractivity contribution >= 4 is 116 Å². The Labute approximate surface area is 279 Å². The minimum Gasteiger partial charge on any atom is 0 e. The molecule has 0 aliphatic heterocycles. The first kappa shape index (κ1) is 71.2. The third kappa shape index (κ3) is 7710. The van der Waals surface area contributed by atoms with Gasteiger partial charge in [-0.2, -0.15) is 0 Å². The molecule has 0 aromatic rings. The molecule has 0 atom stereocenters. The van der Waals surface area contributed by atoms with Crippen molar-refractivity contribution in [2.45, 2.75) is 0 Å². The Morgan fingerprint density at radius 2 is 0.167 bits per heavy atom. The average molecular weight is 1270 g/mol. The van der Waals surface area contributed by atoms with E-state index in [0.717, 1.165) is 0 Å². The van der Waals surface area contributed by atoms with Crippen LogP contribution in [-0.2, 0) is 68.9 Å². The van der Waals surface area contributed by atoms with Gasteiger partial charge < -0.3 is 0 Å². The van der Waals surface area contributed by atoms with E-state index in [1.165, 1.54) is 0 Å². The molecule has 260 valence electrons. The van der Waals surface area contributed by atoms with Gasteiger partial charge in [-0.25, -0.2) is 0 Å². The molecule has 0 unspecified atom stereocenters. The Balaban J connectivity index is -0.0000000346. The molecule has 0 rings (SSSR count). The number of rotatable bonds is 0. The van der Waals surface area contributed by atoms with E-state index in [0.29, 0.717) is 0 Å². The van der Waals surface area contributed by atoms with Crippen molar-refractivity contribution in [1.29, 1.82) is 0 Å². The normalized spacial score (nSPS) is 11.2. The summed E-state index contributed by atoms with van der Waals surface area (Å²) in [7, 11) is 0. The van der Waals surface area contributed by atoms with Gasteiger partial charge in [-0.05, 0) is 0 Å². The van der Waals surface area contributed by atoms with Gasteiger partial charge in [-0.1, -0.05) is 0 Å². The van der Waals surface area contributed by atoms with Crippen molar-refractivity contribution in [3.05, 3.63) is 0 Å². The van der Waals surface area contributed by atoms with Gasteiger partial charge in [-0.3, -0.25) is 0 Å². The Morgan fingerprint density at radius 3 is 0.167 bits per heavy atom. The van der Waals surface area contributed by atoms with Gasteiger partial charge in [0.2, 0.25) is 0 Å². The molecule has 0 aromatic carbocycles. The molecule has 0 aromatic heterocycles. The molecule has 32 nitrogen and oxygen atoms in total. The molecule has 0 heterocycles. The van der Waals surface area contributed by atoms with Gasteiger partial charge in [0.15, 0.2) is 0 Å². The standard InChI is InChI=1S/8AsH3O4.2Zn/c8*2-1(3,4)5;;/h8*(H3,2,3,4,5);;. The van der Waals surface area contributed by atoms with Crippen molar-refractivity contribution in [1.82, 2.24) is 0 Å². The summed E-state index contributed by atoms with van der Waals surface area (Å²) >= 11 is -41.0. The predicted molar refractivity (Wildman–Crippen MR) is 105 cm³/mol. The third-order valence-electron chi connectivity index (χ3n) is 0. The first-order valence-corrected chi connectivity index (χ1v) is 32.5. The maximum atomic E-state index is 8.94. The van der Waals surface area contributed by atoms with Crippen molar-refractivity contribution in [3.63, 3.8) is 0 Å². The van der Waals surface area contributed by atoms with Gasteiger partial charge in [0, 0.05) is 39.0 Å². The minimum atomic E-state index is -5.12. The Morgan fingerprint density at radius 1 is 0.167 bits per heavy atom. The molecule has 42 heavy (non-hydrogen) atoms. The van der Waals surface area contributed by atoms with Crippen molar-refractivity contribution in [3.8, 4) is 0 Å². The molecule has 0 aliphatic carbocycles. The van der Waals surface area contributed by atoms with Crippen LogP contribution in [0.15, 0.2) is 0 Å². The molecule has 0 radical (unpaired) electrons. The van der Waals surface area contributed by atoms with Crippen LogP contribution in [0.3, 0.4) is 0 Å². The average Bonchev–Trinajstić information content (AvgIpc) is 2.16. The van der Waals surface area contributed by atoms with Crippen LogP contribution in [0.2, 0.25) is 0 Å². The van der Waals surface area contributed by atoms with Crippen molar-refractivity contribution in [2.75, 3.05) is 0 Å². The van der Waals surface area contributed by atoms with E-state index in [9.17, 15) is 0 Å². The fourth-order valence-corrected chi connectivity index (χ4v) is 0. The van der Waals surface area contributed by atoms with E-state index >= 15 is 0 Å². The second-order valence-corrected chi connectivity index (χ2v) is 21.3. The van der Waals surface area contributed by atoms with Crippen LogP contribution in [0.4, 0.5) is 0 Å². The monoisotopic (exact) mass is 1260 g/mol. The summed E-state index contributed by atoms with van der Waals surface area (Å²) in [5, 5.41) is 0. The summed E-state index contributed by atoms with van der Waals surface area (Å²) in [6.45, 7) is 0.